The molecule has 0 bridgehead atoms. The number of aromatic nitrogens is 2. The van der Waals surface area contributed by atoms with Gasteiger partial charge in [-0.1, -0.05) is 31.5 Å². The number of halogens is 1. The molecule has 2 heterocycles. The van der Waals surface area contributed by atoms with Crippen molar-refractivity contribution in [3.05, 3.63) is 55.4 Å². The lowest BCUT2D eigenvalue weighted by atomic mass is 9.97. The zero-order chi connectivity index (χ0) is 21.3. The molecule has 0 saturated carbocycles. The van der Waals surface area contributed by atoms with Crippen LogP contribution in [0.5, 0.6) is 0 Å². The lowest BCUT2D eigenvalue weighted by Gasteiger charge is -2.16. The number of carbonyl (C=O) groups excluding carboxylic acids is 1. The van der Waals surface area contributed by atoms with Crippen LogP contribution in [0.1, 0.15) is 54.7 Å². The predicted octanol–water partition coefficient (Wildman–Crippen LogP) is 5.14. The number of carbonyl (C=O) groups is 1. The highest BCUT2D eigenvalue weighted by molar-refractivity contribution is 7.18. The smallest absolute Gasteiger partial charge is 0.262 e. The summed E-state index contributed by atoms with van der Waals surface area (Å²) in [6.07, 6.45) is 7.62. The van der Waals surface area contributed by atoms with Crippen molar-refractivity contribution in [3.8, 4) is 0 Å². The van der Waals surface area contributed by atoms with Gasteiger partial charge in [-0.25, -0.2) is 4.98 Å². The minimum Gasteiger partial charge on any atom is -0.325 e. The molecule has 0 atom stereocenters. The quantitative estimate of drug-likeness (QED) is 0.573. The number of nitrogens with zero attached hydrogens (tertiary/aromatic N) is 2. The summed E-state index contributed by atoms with van der Waals surface area (Å²) in [5, 5.41) is 4.46. The lowest BCUT2D eigenvalue weighted by molar-refractivity contribution is -0.116. The van der Waals surface area contributed by atoms with Gasteiger partial charge in [-0.2, -0.15) is 0 Å². The molecule has 5 nitrogen and oxygen atoms in total. The van der Waals surface area contributed by atoms with E-state index in [2.05, 4.69) is 17.2 Å². The van der Waals surface area contributed by atoms with E-state index in [1.165, 1.54) is 16.9 Å². The van der Waals surface area contributed by atoms with Crippen molar-refractivity contribution in [2.75, 3.05) is 5.32 Å². The minimum absolute atomic E-state index is 0.0292. The number of rotatable bonds is 6. The standard InChI is InChI=1S/C23H26ClN3O2S/c1-3-14-9-10-17(24)15(4-2)21(14)26-19(28)11-12-27-13-25-22-20(23(27)29)16-7-5-6-8-18(16)30-22/h9-10,13H,3-8,11-12H2,1-2H3,(H,26,28). The molecule has 30 heavy (non-hydrogen) atoms. The van der Waals surface area contributed by atoms with Crippen molar-refractivity contribution < 1.29 is 4.79 Å². The molecule has 0 aliphatic heterocycles. The van der Waals surface area contributed by atoms with Gasteiger partial charge >= 0.3 is 0 Å². The molecule has 1 aromatic carbocycles. The number of aryl methyl sites for hydroxylation is 4. The summed E-state index contributed by atoms with van der Waals surface area (Å²) in [4.78, 5) is 32.4. The first kappa shape index (κ1) is 21.1. The van der Waals surface area contributed by atoms with Gasteiger partial charge in [0.2, 0.25) is 5.91 Å². The summed E-state index contributed by atoms with van der Waals surface area (Å²) in [6.45, 7) is 4.39. The maximum atomic E-state index is 13.1. The third-order valence-electron chi connectivity index (χ3n) is 5.86. The van der Waals surface area contributed by atoms with E-state index in [1.54, 1.807) is 22.2 Å². The molecular weight excluding hydrogens is 418 g/mol. The van der Waals surface area contributed by atoms with E-state index in [0.29, 0.717) is 11.6 Å². The average molecular weight is 444 g/mol. The highest BCUT2D eigenvalue weighted by Crippen LogP contribution is 2.33. The zero-order valence-corrected chi connectivity index (χ0v) is 19.0. The Bertz CT molecular complexity index is 1170. The molecule has 0 fully saturated rings. The van der Waals surface area contributed by atoms with Crippen LogP contribution >= 0.6 is 22.9 Å². The van der Waals surface area contributed by atoms with Crippen LogP contribution in [0.15, 0.2) is 23.3 Å². The number of hydrogen-bond acceptors (Lipinski definition) is 4. The Kier molecular flexibility index (Phi) is 6.25. The van der Waals surface area contributed by atoms with Crippen LogP contribution in [-0.2, 0) is 37.0 Å². The first-order valence-electron chi connectivity index (χ1n) is 10.6. The lowest BCUT2D eigenvalue weighted by Crippen LogP contribution is -2.24. The molecular formula is C23H26ClN3O2S. The molecule has 0 saturated heterocycles. The topological polar surface area (TPSA) is 64.0 Å². The van der Waals surface area contributed by atoms with Crippen LogP contribution in [-0.4, -0.2) is 15.5 Å². The molecule has 7 heteroatoms. The molecule has 0 spiro atoms. The summed E-state index contributed by atoms with van der Waals surface area (Å²) in [5.74, 6) is -0.124. The van der Waals surface area contributed by atoms with Crippen LogP contribution in [0.25, 0.3) is 10.2 Å². The molecule has 0 unspecified atom stereocenters. The van der Waals surface area contributed by atoms with E-state index < -0.39 is 0 Å². The minimum atomic E-state index is -0.124. The Morgan fingerprint density at radius 2 is 2.03 bits per heavy atom. The second-order valence-corrected chi connectivity index (χ2v) is 9.19. The van der Waals surface area contributed by atoms with Crippen molar-refractivity contribution >= 4 is 44.7 Å². The third kappa shape index (κ3) is 3.91. The van der Waals surface area contributed by atoms with Crippen molar-refractivity contribution in [1.82, 2.24) is 9.55 Å². The molecule has 1 N–H and O–H groups in total. The van der Waals surface area contributed by atoms with Gasteiger partial charge in [-0.05, 0) is 61.3 Å². The summed E-state index contributed by atoms with van der Waals surface area (Å²) >= 11 is 7.98. The van der Waals surface area contributed by atoms with Gasteiger partial charge in [0.15, 0.2) is 0 Å². The van der Waals surface area contributed by atoms with Crippen LogP contribution < -0.4 is 10.9 Å². The normalized spacial score (nSPS) is 13.4. The van der Waals surface area contributed by atoms with E-state index in [4.69, 9.17) is 11.6 Å². The van der Waals surface area contributed by atoms with E-state index in [1.807, 2.05) is 19.1 Å². The number of fused-ring (bicyclic) bond motifs is 3. The molecule has 4 rings (SSSR count). The molecule has 158 valence electrons. The van der Waals surface area contributed by atoms with Gasteiger partial charge in [0, 0.05) is 28.6 Å². The number of benzene rings is 1. The zero-order valence-electron chi connectivity index (χ0n) is 17.4. The Morgan fingerprint density at radius 3 is 2.80 bits per heavy atom. The van der Waals surface area contributed by atoms with E-state index in [9.17, 15) is 9.59 Å². The van der Waals surface area contributed by atoms with Crippen molar-refractivity contribution in [2.45, 2.75) is 65.3 Å². The highest BCUT2D eigenvalue weighted by Gasteiger charge is 2.20. The molecule has 2 aromatic heterocycles. The molecule has 0 radical (unpaired) electrons. The SMILES string of the molecule is CCc1ccc(Cl)c(CC)c1NC(=O)CCn1cnc2sc3c(c2c1=O)CCCC3. The van der Waals surface area contributed by atoms with Crippen LogP contribution in [0.3, 0.4) is 0 Å². The Hall–Kier alpha value is -2.18. The summed E-state index contributed by atoms with van der Waals surface area (Å²) in [6, 6.07) is 3.84. The van der Waals surface area contributed by atoms with Gasteiger partial charge in [0.1, 0.15) is 4.83 Å². The summed E-state index contributed by atoms with van der Waals surface area (Å²) < 4.78 is 1.57. The predicted molar refractivity (Wildman–Crippen MR) is 124 cm³/mol. The van der Waals surface area contributed by atoms with E-state index in [0.717, 1.165) is 59.1 Å². The Morgan fingerprint density at radius 1 is 1.23 bits per heavy atom. The van der Waals surface area contributed by atoms with E-state index in [-0.39, 0.29) is 17.9 Å². The second-order valence-electron chi connectivity index (χ2n) is 7.70. The Balaban J connectivity index is 1.54. The first-order valence-corrected chi connectivity index (χ1v) is 11.8. The number of amides is 1. The molecule has 3 aromatic rings. The third-order valence-corrected chi connectivity index (χ3v) is 7.42. The fourth-order valence-electron chi connectivity index (χ4n) is 4.23. The number of hydrogen-bond donors (Lipinski definition) is 1. The van der Waals surface area contributed by atoms with Crippen molar-refractivity contribution in [2.24, 2.45) is 0 Å². The summed E-state index contributed by atoms with van der Waals surface area (Å²) in [7, 11) is 0. The van der Waals surface area contributed by atoms with Gasteiger partial charge in [0.05, 0.1) is 11.7 Å². The van der Waals surface area contributed by atoms with Gasteiger partial charge in [-0.3, -0.25) is 14.2 Å². The number of nitrogens with one attached hydrogen (secondary N) is 1. The van der Waals surface area contributed by atoms with Gasteiger partial charge < -0.3 is 5.32 Å². The van der Waals surface area contributed by atoms with Gasteiger partial charge in [0.25, 0.3) is 5.56 Å². The number of thiophene rings is 1. The molecule has 1 aliphatic rings. The van der Waals surface area contributed by atoms with Crippen molar-refractivity contribution in [1.29, 1.82) is 0 Å². The van der Waals surface area contributed by atoms with Crippen molar-refractivity contribution in [3.63, 3.8) is 0 Å². The average Bonchev–Trinajstić information content (AvgIpc) is 3.13. The maximum Gasteiger partial charge on any atom is 0.262 e. The number of anilines is 1. The highest BCUT2D eigenvalue weighted by atomic mass is 35.5. The molecule has 1 amide bonds. The fourth-order valence-corrected chi connectivity index (χ4v) is 5.74. The van der Waals surface area contributed by atoms with Crippen LogP contribution in [0.2, 0.25) is 5.02 Å². The van der Waals surface area contributed by atoms with Crippen LogP contribution in [0, 0.1) is 0 Å². The molecule has 1 aliphatic carbocycles. The Labute approximate surface area is 185 Å². The monoisotopic (exact) mass is 443 g/mol. The van der Waals surface area contributed by atoms with Crippen LogP contribution in [0.4, 0.5) is 5.69 Å². The maximum absolute atomic E-state index is 13.1. The second kappa shape index (κ2) is 8.90. The van der Waals surface area contributed by atoms with Gasteiger partial charge in [-0.15, -0.1) is 11.3 Å². The van der Waals surface area contributed by atoms with E-state index >= 15 is 0 Å². The fraction of sp³-hybridized carbons (Fsp3) is 0.435. The largest absolute Gasteiger partial charge is 0.325 e. The first-order chi connectivity index (χ1) is 14.5. The summed E-state index contributed by atoms with van der Waals surface area (Å²) in [5.41, 5.74) is 3.98.